The topological polar surface area (TPSA) is 68.7 Å². The summed E-state index contributed by atoms with van der Waals surface area (Å²) in [6.45, 7) is 0.562. The minimum Gasteiger partial charge on any atom is -0.406 e. The van der Waals surface area contributed by atoms with Gasteiger partial charge in [-0.1, -0.05) is 16.6 Å². The molecule has 2 aromatic heterocycles. The number of ether oxygens (including phenoxy) is 1. The second kappa shape index (κ2) is 7.52. The lowest BCUT2D eigenvalue weighted by molar-refractivity contribution is -0.274. The first-order chi connectivity index (χ1) is 14.2. The van der Waals surface area contributed by atoms with Gasteiger partial charge in [-0.2, -0.15) is 0 Å². The van der Waals surface area contributed by atoms with Gasteiger partial charge >= 0.3 is 6.36 Å². The van der Waals surface area contributed by atoms with Crippen LogP contribution < -0.4 is 9.54 Å². The summed E-state index contributed by atoms with van der Waals surface area (Å²) in [6.07, 6.45) is -3.30. The Morgan fingerprint density at radius 3 is 2.60 bits per heavy atom. The van der Waals surface area contributed by atoms with Crippen LogP contribution in [-0.2, 0) is 13.1 Å². The number of hydrogen-bond donors (Lipinski definition) is 1. The monoisotopic (exact) mass is 441 g/mol. The summed E-state index contributed by atoms with van der Waals surface area (Å²) in [4.78, 5) is 0.138. The number of rotatable bonds is 5. The van der Waals surface area contributed by atoms with E-state index in [0.717, 1.165) is 23.5 Å². The molecule has 0 atom stereocenters. The van der Waals surface area contributed by atoms with Gasteiger partial charge in [0.2, 0.25) is 0 Å². The van der Waals surface area contributed by atoms with E-state index in [1.165, 1.54) is 35.1 Å². The largest absolute Gasteiger partial charge is 0.573 e. The maximum Gasteiger partial charge on any atom is 0.573 e. The second-order valence-corrected chi connectivity index (χ2v) is 7.26. The van der Waals surface area contributed by atoms with Crippen LogP contribution in [0.4, 0.5) is 22.0 Å². The van der Waals surface area contributed by atoms with E-state index in [1.54, 1.807) is 4.57 Å². The van der Waals surface area contributed by atoms with E-state index in [-0.39, 0.29) is 34.9 Å². The first-order valence-electron chi connectivity index (χ1n) is 8.49. The number of aromatic nitrogens is 4. The predicted molar refractivity (Wildman–Crippen MR) is 97.7 cm³/mol. The smallest absolute Gasteiger partial charge is 0.406 e. The van der Waals surface area contributed by atoms with Gasteiger partial charge in [-0.3, -0.25) is 10.1 Å². The molecule has 12 heteroatoms. The summed E-state index contributed by atoms with van der Waals surface area (Å²) >= 11 is 1.01. The highest BCUT2D eigenvalue weighted by atomic mass is 32.1. The second-order valence-electron chi connectivity index (χ2n) is 6.23. The summed E-state index contributed by atoms with van der Waals surface area (Å²) in [7, 11) is 0. The van der Waals surface area contributed by atoms with Crippen molar-refractivity contribution in [2.75, 3.05) is 0 Å². The van der Waals surface area contributed by atoms with Gasteiger partial charge in [0.25, 0.3) is 0 Å². The number of halogens is 5. The molecule has 0 aliphatic carbocycles. The first-order valence-corrected chi connectivity index (χ1v) is 9.30. The Hall–Kier alpha value is -3.28. The van der Waals surface area contributed by atoms with Crippen molar-refractivity contribution in [2.45, 2.75) is 19.5 Å². The average molecular weight is 441 g/mol. The SMILES string of the molecule is N=c1sc2cc(OC(F)(F)F)ccc2n1CCn1cc(-c2ccc(F)cc2F)nn1. The van der Waals surface area contributed by atoms with Gasteiger partial charge in [0, 0.05) is 18.2 Å². The quantitative estimate of drug-likeness (QED) is 0.469. The van der Waals surface area contributed by atoms with Crippen molar-refractivity contribution in [1.82, 2.24) is 19.6 Å². The Morgan fingerprint density at radius 2 is 1.87 bits per heavy atom. The lowest BCUT2D eigenvalue weighted by Gasteiger charge is -2.09. The van der Waals surface area contributed by atoms with E-state index in [1.807, 2.05) is 0 Å². The molecule has 1 N–H and O–H groups in total. The summed E-state index contributed by atoms with van der Waals surface area (Å²) < 4.78 is 71.5. The van der Waals surface area contributed by atoms with Crippen LogP contribution in [0.1, 0.15) is 0 Å². The first kappa shape index (κ1) is 20.0. The van der Waals surface area contributed by atoms with Gasteiger partial charge in [0.05, 0.1) is 23.0 Å². The van der Waals surface area contributed by atoms with Crippen LogP contribution in [0.25, 0.3) is 21.5 Å². The summed E-state index contributed by atoms with van der Waals surface area (Å²) in [5, 5.41) is 15.9. The lowest BCUT2D eigenvalue weighted by Crippen LogP contribution is -2.17. The number of benzene rings is 2. The van der Waals surface area contributed by atoms with Crippen molar-refractivity contribution in [3.63, 3.8) is 0 Å². The highest BCUT2D eigenvalue weighted by Crippen LogP contribution is 2.28. The van der Waals surface area contributed by atoms with E-state index in [0.29, 0.717) is 10.2 Å². The van der Waals surface area contributed by atoms with Gasteiger partial charge in [-0.15, -0.1) is 18.3 Å². The van der Waals surface area contributed by atoms with Crippen molar-refractivity contribution in [2.24, 2.45) is 0 Å². The summed E-state index contributed by atoms with van der Waals surface area (Å²) in [5.41, 5.74) is 0.909. The standard InChI is InChI=1S/C18H12F5N5OS/c19-10-1-3-12(13(20)7-10)14-9-27(26-25-14)5-6-28-15-4-2-11(29-18(21,22)23)8-16(15)30-17(28)24/h1-4,7-9,24H,5-6H2. The Bertz CT molecular complexity index is 1280. The van der Waals surface area contributed by atoms with Crippen LogP contribution >= 0.6 is 11.3 Å². The van der Waals surface area contributed by atoms with Gasteiger partial charge in [-0.25, -0.2) is 8.78 Å². The van der Waals surface area contributed by atoms with E-state index >= 15 is 0 Å². The lowest BCUT2D eigenvalue weighted by atomic mass is 10.1. The van der Waals surface area contributed by atoms with E-state index < -0.39 is 18.0 Å². The molecule has 156 valence electrons. The molecular weight excluding hydrogens is 429 g/mol. The zero-order valence-corrected chi connectivity index (χ0v) is 15.8. The fourth-order valence-corrected chi connectivity index (χ4v) is 3.88. The fraction of sp³-hybridized carbons (Fsp3) is 0.167. The molecule has 0 aliphatic rings. The molecule has 30 heavy (non-hydrogen) atoms. The van der Waals surface area contributed by atoms with E-state index in [9.17, 15) is 22.0 Å². The number of alkyl halides is 3. The number of hydrogen-bond acceptors (Lipinski definition) is 5. The Kier molecular flexibility index (Phi) is 5.02. The van der Waals surface area contributed by atoms with Crippen molar-refractivity contribution in [3.05, 3.63) is 59.0 Å². The molecule has 2 aromatic carbocycles. The number of thiazole rings is 1. The van der Waals surface area contributed by atoms with Crippen molar-refractivity contribution < 1.29 is 26.7 Å². The summed E-state index contributed by atoms with van der Waals surface area (Å²) in [6, 6.07) is 7.00. The number of aryl methyl sites for hydroxylation is 2. The third kappa shape index (κ3) is 4.17. The van der Waals surface area contributed by atoms with E-state index in [4.69, 9.17) is 5.41 Å². The summed E-state index contributed by atoms with van der Waals surface area (Å²) in [5.74, 6) is -1.81. The Morgan fingerprint density at radius 1 is 1.07 bits per heavy atom. The molecule has 2 heterocycles. The van der Waals surface area contributed by atoms with Crippen LogP contribution in [-0.4, -0.2) is 25.9 Å². The predicted octanol–water partition coefficient (Wildman–Crippen LogP) is 4.32. The van der Waals surface area contributed by atoms with Crippen LogP contribution in [0.5, 0.6) is 5.75 Å². The molecule has 0 fully saturated rings. The van der Waals surface area contributed by atoms with Gasteiger partial charge in [-0.05, 0) is 30.3 Å². The maximum atomic E-state index is 13.9. The zero-order valence-electron chi connectivity index (χ0n) is 15.0. The normalized spacial score (nSPS) is 11.9. The number of fused-ring (bicyclic) bond motifs is 1. The van der Waals surface area contributed by atoms with Gasteiger partial charge in [0.1, 0.15) is 23.1 Å². The molecule has 4 rings (SSSR count). The molecule has 0 aliphatic heterocycles. The number of nitrogens with one attached hydrogen (secondary N) is 1. The Balaban J connectivity index is 1.53. The molecule has 6 nitrogen and oxygen atoms in total. The maximum absolute atomic E-state index is 13.9. The van der Waals surface area contributed by atoms with Crippen LogP contribution in [0.2, 0.25) is 0 Å². The van der Waals surface area contributed by atoms with Crippen LogP contribution in [0.15, 0.2) is 42.6 Å². The van der Waals surface area contributed by atoms with Gasteiger partial charge in [0.15, 0.2) is 4.80 Å². The van der Waals surface area contributed by atoms with Crippen molar-refractivity contribution in [1.29, 1.82) is 5.41 Å². The molecule has 0 radical (unpaired) electrons. The molecular formula is C18H12F5N5OS. The average Bonchev–Trinajstić information content (AvgIpc) is 3.22. The fourth-order valence-electron chi connectivity index (χ4n) is 2.92. The molecule has 0 bridgehead atoms. The van der Waals surface area contributed by atoms with Gasteiger partial charge < -0.3 is 9.30 Å². The minimum atomic E-state index is -4.79. The van der Waals surface area contributed by atoms with Crippen molar-refractivity contribution in [3.8, 4) is 17.0 Å². The number of nitrogens with zero attached hydrogens (tertiary/aromatic N) is 4. The highest BCUT2D eigenvalue weighted by molar-refractivity contribution is 7.16. The third-order valence-corrected chi connectivity index (χ3v) is 5.17. The highest BCUT2D eigenvalue weighted by Gasteiger charge is 2.31. The molecule has 0 spiro atoms. The Labute approximate surface area is 169 Å². The third-order valence-electron chi connectivity index (χ3n) is 4.21. The molecule has 4 aromatic rings. The molecule has 0 saturated heterocycles. The van der Waals surface area contributed by atoms with Crippen LogP contribution in [0, 0.1) is 17.0 Å². The molecule has 0 amide bonds. The zero-order chi connectivity index (χ0) is 21.5. The van der Waals surface area contributed by atoms with Crippen LogP contribution in [0.3, 0.4) is 0 Å². The van der Waals surface area contributed by atoms with E-state index in [2.05, 4.69) is 15.0 Å². The molecule has 0 saturated carbocycles. The van der Waals surface area contributed by atoms with Crippen molar-refractivity contribution >= 4 is 21.6 Å². The minimum absolute atomic E-state index is 0.106. The molecule has 0 unspecified atom stereocenters.